The molecule has 0 aliphatic carbocycles. The fraction of sp³-hybridized carbons (Fsp3) is 1.00. The van der Waals surface area contributed by atoms with Crippen molar-refractivity contribution in [3.05, 3.63) is 0 Å². The van der Waals surface area contributed by atoms with E-state index in [9.17, 15) is 0 Å². The van der Waals surface area contributed by atoms with E-state index in [2.05, 4.69) is 0 Å². The number of hydrogen-bond donors (Lipinski definition) is 2. The molecule has 0 saturated heterocycles. The number of aliphatic hydroxyl groups is 1. The van der Waals surface area contributed by atoms with Crippen molar-refractivity contribution >= 4 is 0 Å². The van der Waals surface area contributed by atoms with Crippen LogP contribution in [-0.4, -0.2) is 44.7 Å². The van der Waals surface area contributed by atoms with Crippen LogP contribution in [0.15, 0.2) is 0 Å². The Morgan fingerprint density at radius 3 is 2.18 bits per heavy atom. The quantitative estimate of drug-likeness (QED) is 0.467. The van der Waals surface area contributed by atoms with Crippen molar-refractivity contribution in [1.82, 2.24) is 0 Å². The Morgan fingerprint density at radius 2 is 1.64 bits per heavy atom. The zero-order valence-electron chi connectivity index (χ0n) is 6.79. The van der Waals surface area contributed by atoms with Crippen molar-refractivity contribution in [1.29, 1.82) is 0 Å². The number of nitrogens with two attached hydrogens (primary N) is 1. The van der Waals surface area contributed by atoms with Crippen molar-refractivity contribution in [2.75, 3.05) is 39.6 Å². The minimum atomic E-state index is 0.184. The Hall–Kier alpha value is -0.160. The van der Waals surface area contributed by atoms with Crippen LogP contribution in [0, 0.1) is 0 Å². The van der Waals surface area contributed by atoms with E-state index in [1.165, 1.54) is 0 Å². The molecule has 0 heterocycles. The van der Waals surface area contributed by atoms with E-state index < -0.39 is 0 Å². The van der Waals surface area contributed by atoms with Gasteiger partial charge in [0.15, 0.2) is 0 Å². The highest BCUT2D eigenvalue weighted by molar-refractivity contribution is 4.34. The Balaban J connectivity index is 2.69. The molecular weight excluding hydrogens is 146 g/mol. The summed E-state index contributed by atoms with van der Waals surface area (Å²) < 4.78 is 10.1. The van der Waals surface area contributed by atoms with Gasteiger partial charge in [-0.1, -0.05) is 0 Å². The Kier molecular flexibility index (Phi) is 9.70. The molecule has 0 amide bonds. The molecular formula is C7H17NO3. The topological polar surface area (TPSA) is 64.7 Å². The van der Waals surface area contributed by atoms with Gasteiger partial charge in [-0.05, 0) is 6.42 Å². The lowest BCUT2D eigenvalue weighted by Gasteiger charge is -2.03. The van der Waals surface area contributed by atoms with Crippen molar-refractivity contribution < 1.29 is 14.6 Å². The molecule has 0 spiro atoms. The Morgan fingerprint density at radius 1 is 1.00 bits per heavy atom. The second kappa shape index (κ2) is 9.84. The predicted octanol–water partition coefficient (Wildman–Crippen LogP) is -0.639. The number of ether oxygens (including phenoxy) is 2. The maximum Gasteiger partial charge on any atom is 0.0701 e. The molecule has 0 rings (SSSR count). The van der Waals surface area contributed by atoms with Gasteiger partial charge in [0, 0.05) is 19.8 Å². The molecule has 0 atom stereocenters. The molecule has 0 fully saturated rings. The molecule has 0 saturated carbocycles. The van der Waals surface area contributed by atoms with Crippen molar-refractivity contribution in [3.8, 4) is 0 Å². The highest BCUT2D eigenvalue weighted by atomic mass is 16.5. The number of rotatable bonds is 8. The van der Waals surface area contributed by atoms with Crippen LogP contribution in [-0.2, 0) is 9.47 Å². The van der Waals surface area contributed by atoms with Gasteiger partial charge in [-0.2, -0.15) is 0 Å². The van der Waals surface area contributed by atoms with E-state index in [0.29, 0.717) is 39.4 Å². The Bertz CT molecular complexity index is 62.7. The minimum Gasteiger partial charge on any atom is -0.396 e. The molecule has 0 bridgehead atoms. The van der Waals surface area contributed by atoms with Crippen LogP contribution in [0.4, 0.5) is 0 Å². The van der Waals surface area contributed by atoms with E-state index in [1.54, 1.807) is 0 Å². The minimum absolute atomic E-state index is 0.184. The number of aliphatic hydroxyl groups excluding tert-OH is 1. The highest BCUT2D eigenvalue weighted by Gasteiger charge is 1.87. The van der Waals surface area contributed by atoms with Crippen molar-refractivity contribution in [2.24, 2.45) is 5.73 Å². The van der Waals surface area contributed by atoms with Gasteiger partial charge < -0.3 is 20.3 Å². The molecule has 11 heavy (non-hydrogen) atoms. The second-order valence-corrected chi connectivity index (χ2v) is 2.09. The largest absolute Gasteiger partial charge is 0.396 e. The molecule has 0 aliphatic heterocycles. The van der Waals surface area contributed by atoms with Crippen molar-refractivity contribution in [2.45, 2.75) is 6.42 Å². The second-order valence-electron chi connectivity index (χ2n) is 2.09. The Labute approximate surface area is 67.3 Å². The molecule has 0 aromatic heterocycles. The van der Waals surface area contributed by atoms with Crippen LogP contribution in [0.5, 0.6) is 0 Å². The van der Waals surface area contributed by atoms with Gasteiger partial charge in [-0.15, -0.1) is 0 Å². The van der Waals surface area contributed by atoms with Crippen LogP contribution < -0.4 is 5.73 Å². The van der Waals surface area contributed by atoms with Gasteiger partial charge in [0.05, 0.1) is 19.8 Å². The maximum atomic E-state index is 8.38. The van der Waals surface area contributed by atoms with Crippen LogP contribution in [0.1, 0.15) is 6.42 Å². The lowest BCUT2D eigenvalue weighted by Crippen LogP contribution is -2.12. The third-order valence-corrected chi connectivity index (χ3v) is 1.08. The summed E-state index contributed by atoms with van der Waals surface area (Å²) in [5.74, 6) is 0. The molecule has 68 valence electrons. The van der Waals surface area contributed by atoms with E-state index in [0.717, 1.165) is 0 Å². The summed E-state index contributed by atoms with van der Waals surface area (Å²) in [6, 6.07) is 0. The zero-order chi connectivity index (χ0) is 8.36. The first-order valence-electron chi connectivity index (χ1n) is 3.88. The van der Waals surface area contributed by atoms with Crippen LogP contribution in [0.2, 0.25) is 0 Å². The molecule has 0 aliphatic rings. The standard InChI is InChI=1S/C7H17NO3/c8-2-5-11-7-6-10-4-1-3-9/h9H,1-8H2. The van der Waals surface area contributed by atoms with Gasteiger partial charge in [0.1, 0.15) is 0 Å². The smallest absolute Gasteiger partial charge is 0.0701 e. The summed E-state index contributed by atoms with van der Waals surface area (Å²) in [6.07, 6.45) is 0.691. The third-order valence-electron chi connectivity index (χ3n) is 1.08. The van der Waals surface area contributed by atoms with E-state index >= 15 is 0 Å². The van der Waals surface area contributed by atoms with Crippen LogP contribution >= 0.6 is 0 Å². The van der Waals surface area contributed by atoms with Crippen LogP contribution in [0.3, 0.4) is 0 Å². The first-order valence-corrected chi connectivity index (χ1v) is 3.88. The highest BCUT2D eigenvalue weighted by Crippen LogP contribution is 1.81. The van der Waals surface area contributed by atoms with Gasteiger partial charge in [0.2, 0.25) is 0 Å². The summed E-state index contributed by atoms with van der Waals surface area (Å²) in [5, 5.41) is 8.38. The fourth-order valence-electron chi connectivity index (χ4n) is 0.572. The lowest BCUT2D eigenvalue weighted by molar-refractivity contribution is 0.0453. The summed E-state index contributed by atoms with van der Waals surface area (Å²) in [4.78, 5) is 0. The van der Waals surface area contributed by atoms with Gasteiger partial charge in [-0.25, -0.2) is 0 Å². The van der Waals surface area contributed by atoms with Gasteiger partial charge in [-0.3, -0.25) is 0 Å². The molecule has 0 aromatic carbocycles. The molecule has 4 heteroatoms. The molecule has 0 radical (unpaired) electrons. The van der Waals surface area contributed by atoms with Crippen molar-refractivity contribution in [3.63, 3.8) is 0 Å². The van der Waals surface area contributed by atoms with E-state index in [1.807, 2.05) is 0 Å². The summed E-state index contributed by atoms with van der Waals surface area (Å²) in [7, 11) is 0. The molecule has 3 N–H and O–H groups in total. The average molecular weight is 163 g/mol. The predicted molar refractivity (Wildman–Crippen MR) is 42.4 cm³/mol. The monoisotopic (exact) mass is 163 g/mol. The number of hydrogen-bond acceptors (Lipinski definition) is 4. The normalized spacial score (nSPS) is 10.4. The van der Waals surface area contributed by atoms with E-state index in [4.69, 9.17) is 20.3 Å². The first kappa shape index (κ1) is 10.8. The molecule has 0 unspecified atom stereocenters. The average Bonchev–Trinajstić information content (AvgIpc) is 2.03. The SMILES string of the molecule is NCCOCCOCCCO. The lowest BCUT2D eigenvalue weighted by atomic mass is 10.5. The first-order chi connectivity index (χ1) is 5.41. The molecule has 4 nitrogen and oxygen atoms in total. The van der Waals surface area contributed by atoms with Gasteiger partial charge >= 0.3 is 0 Å². The fourth-order valence-corrected chi connectivity index (χ4v) is 0.572. The maximum absolute atomic E-state index is 8.38. The summed E-state index contributed by atoms with van der Waals surface area (Å²) >= 11 is 0. The summed E-state index contributed by atoms with van der Waals surface area (Å²) in [6.45, 7) is 3.09. The van der Waals surface area contributed by atoms with E-state index in [-0.39, 0.29) is 6.61 Å². The van der Waals surface area contributed by atoms with Crippen LogP contribution in [0.25, 0.3) is 0 Å². The van der Waals surface area contributed by atoms with Gasteiger partial charge in [0.25, 0.3) is 0 Å². The molecule has 0 aromatic rings. The zero-order valence-corrected chi connectivity index (χ0v) is 6.79. The summed E-state index contributed by atoms with van der Waals surface area (Å²) in [5.41, 5.74) is 5.19. The third kappa shape index (κ3) is 9.84.